The van der Waals surface area contributed by atoms with E-state index in [0.29, 0.717) is 34.7 Å². The van der Waals surface area contributed by atoms with Gasteiger partial charge in [0.2, 0.25) is 0 Å². The Morgan fingerprint density at radius 3 is 2.42 bits per heavy atom. The number of carboxylic acids is 1. The van der Waals surface area contributed by atoms with Crippen LogP contribution in [0.3, 0.4) is 0 Å². The van der Waals surface area contributed by atoms with Crippen LogP contribution in [0.5, 0.6) is 0 Å². The zero-order valence-corrected chi connectivity index (χ0v) is 28.6. The second-order valence-corrected chi connectivity index (χ2v) is 14.0. The van der Waals surface area contributed by atoms with Gasteiger partial charge in [-0.05, 0) is 86.3 Å². The highest BCUT2D eigenvalue weighted by atomic mass is 32.2. The molecule has 6 aliphatic rings. The van der Waals surface area contributed by atoms with Gasteiger partial charge in [-0.25, -0.2) is 15.0 Å². The van der Waals surface area contributed by atoms with Crippen molar-refractivity contribution in [1.82, 2.24) is 5.32 Å². The molecule has 1 aromatic rings. The summed E-state index contributed by atoms with van der Waals surface area (Å²) in [5.74, 6) is -0.410. The molecule has 7 rings (SSSR count). The number of hydrogen-bond acceptors (Lipinski definition) is 8. The zero-order chi connectivity index (χ0) is 33.9. The summed E-state index contributed by atoms with van der Waals surface area (Å²) in [6.45, 7) is 10.2. The maximum Gasteiger partial charge on any atom is 0.303 e. The minimum absolute atomic E-state index is 0.0107. The molecule has 1 aliphatic carbocycles. The van der Waals surface area contributed by atoms with Crippen LogP contribution in [0.15, 0.2) is 142 Å². The summed E-state index contributed by atoms with van der Waals surface area (Å²) in [5.41, 5.74) is 12.1. The summed E-state index contributed by atoms with van der Waals surface area (Å²) in [6, 6.07) is 9.99. The first-order valence-corrected chi connectivity index (χ1v) is 17.4. The summed E-state index contributed by atoms with van der Waals surface area (Å²) in [6.07, 6.45) is 7.38. The first kappa shape index (κ1) is 31.8. The van der Waals surface area contributed by atoms with Gasteiger partial charge in [-0.3, -0.25) is 9.59 Å². The smallest absolute Gasteiger partial charge is 0.303 e. The number of fused-ring (bicyclic) bond motifs is 5. The zero-order valence-electron chi connectivity index (χ0n) is 27.8. The van der Waals surface area contributed by atoms with Crippen LogP contribution in [0.4, 0.5) is 0 Å². The Kier molecular flexibility index (Phi) is 8.19. The highest BCUT2D eigenvalue weighted by Gasteiger charge is 2.43. The van der Waals surface area contributed by atoms with Crippen LogP contribution in [0.2, 0.25) is 0 Å². The van der Waals surface area contributed by atoms with E-state index in [1.807, 2.05) is 62.4 Å². The highest BCUT2D eigenvalue weighted by Crippen LogP contribution is 2.45. The van der Waals surface area contributed by atoms with E-state index in [-0.39, 0.29) is 36.2 Å². The Morgan fingerprint density at radius 2 is 1.69 bits per heavy atom. The average Bonchev–Trinajstić information content (AvgIpc) is 3.81. The van der Waals surface area contributed by atoms with Crippen molar-refractivity contribution in [2.75, 3.05) is 5.75 Å². The van der Waals surface area contributed by atoms with E-state index in [9.17, 15) is 19.8 Å². The van der Waals surface area contributed by atoms with Crippen LogP contribution in [0.1, 0.15) is 60.3 Å². The first-order valence-electron chi connectivity index (χ1n) is 16.5. The molecule has 0 spiro atoms. The molecule has 244 valence electrons. The average molecular weight is 659 g/mol. The van der Waals surface area contributed by atoms with Crippen molar-refractivity contribution in [3.05, 3.63) is 122 Å². The Balaban J connectivity index is 1.43. The Labute approximate surface area is 284 Å². The number of aliphatic imine (C=N–C) groups is 3. The van der Waals surface area contributed by atoms with Gasteiger partial charge in [0.05, 0.1) is 40.0 Å². The van der Waals surface area contributed by atoms with Crippen molar-refractivity contribution >= 4 is 40.6 Å². The SMILES string of the molecule is CCC1=C(C)C2=CC3=NC(=C(C)/C3=C(/O)CSc3ccccc3)C=C3NC(=C4CC(=O)C5=C(C)C(=CC1=N2)N=C45)[C@@H](CCC(=O)O)[C@@H]3C. The van der Waals surface area contributed by atoms with Crippen LogP contribution < -0.4 is 5.32 Å². The molecule has 8 bridgehead atoms. The molecule has 2 atom stereocenters. The molecular weight excluding hydrogens is 621 g/mol. The first-order chi connectivity index (χ1) is 23.0. The third-order valence-electron chi connectivity index (χ3n) is 10.1. The third kappa shape index (κ3) is 5.40. The molecule has 0 amide bonds. The topological polar surface area (TPSA) is 124 Å². The minimum Gasteiger partial charge on any atom is -0.511 e. The molecule has 2 fully saturated rings. The van der Waals surface area contributed by atoms with Crippen molar-refractivity contribution in [1.29, 1.82) is 0 Å². The molecule has 1 aromatic carbocycles. The fourth-order valence-electron chi connectivity index (χ4n) is 7.47. The second kappa shape index (κ2) is 12.4. The number of aliphatic hydroxyl groups is 1. The molecule has 1 saturated heterocycles. The summed E-state index contributed by atoms with van der Waals surface area (Å²) < 4.78 is 0. The lowest BCUT2D eigenvalue weighted by molar-refractivity contribution is -0.137. The maximum atomic E-state index is 13.5. The van der Waals surface area contributed by atoms with Gasteiger partial charge >= 0.3 is 5.97 Å². The van der Waals surface area contributed by atoms with Gasteiger partial charge in [0, 0.05) is 57.7 Å². The Hall–Kier alpha value is -4.76. The van der Waals surface area contributed by atoms with Crippen molar-refractivity contribution in [3.8, 4) is 0 Å². The van der Waals surface area contributed by atoms with Gasteiger partial charge in [0.15, 0.2) is 5.78 Å². The molecule has 0 radical (unpaired) electrons. The van der Waals surface area contributed by atoms with Crippen LogP contribution in [-0.2, 0) is 9.59 Å². The predicted octanol–water partition coefficient (Wildman–Crippen LogP) is 7.88. The van der Waals surface area contributed by atoms with E-state index >= 15 is 0 Å². The Morgan fingerprint density at radius 1 is 0.958 bits per heavy atom. The number of nitrogens with zero attached hydrogens (tertiary/aromatic N) is 3. The molecule has 0 aromatic heterocycles. The van der Waals surface area contributed by atoms with Gasteiger partial charge in [-0.1, -0.05) is 32.0 Å². The van der Waals surface area contributed by atoms with Gasteiger partial charge in [-0.15, -0.1) is 11.8 Å². The molecule has 48 heavy (non-hydrogen) atoms. The van der Waals surface area contributed by atoms with Gasteiger partial charge in [0.1, 0.15) is 5.76 Å². The Bertz CT molecular complexity index is 2050. The van der Waals surface area contributed by atoms with Crippen molar-refractivity contribution < 1.29 is 19.8 Å². The molecule has 5 heterocycles. The molecule has 3 N–H and O–H groups in total. The van der Waals surface area contributed by atoms with Crippen molar-refractivity contribution in [2.45, 2.75) is 65.2 Å². The summed E-state index contributed by atoms with van der Waals surface area (Å²) in [5, 5.41) is 24.9. The summed E-state index contributed by atoms with van der Waals surface area (Å²) in [4.78, 5) is 41.5. The van der Waals surface area contributed by atoms with Crippen LogP contribution in [0, 0.1) is 11.8 Å². The predicted molar refractivity (Wildman–Crippen MR) is 191 cm³/mol. The van der Waals surface area contributed by atoms with Crippen LogP contribution >= 0.6 is 11.8 Å². The molecule has 0 unspecified atom stereocenters. The van der Waals surface area contributed by atoms with Crippen LogP contribution in [-0.4, -0.2) is 44.9 Å². The molecule has 8 nitrogen and oxygen atoms in total. The number of benzene rings is 1. The summed E-state index contributed by atoms with van der Waals surface area (Å²) in [7, 11) is 0. The van der Waals surface area contributed by atoms with E-state index < -0.39 is 5.97 Å². The van der Waals surface area contributed by atoms with Crippen molar-refractivity contribution in [3.63, 3.8) is 0 Å². The fourth-order valence-corrected chi connectivity index (χ4v) is 8.27. The van der Waals surface area contributed by atoms with E-state index in [1.165, 1.54) is 0 Å². The van der Waals surface area contributed by atoms with Gasteiger partial charge in [-0.2, -0.15) is 0 Å². The number of thioether (sulfide) groups is 1. The van der Waals surface area contributed by atoms with E-state index in [1.54, 1.807) is 11.8 Å². The number of hydrogen-bond donors (Lipinski definition) is 3. The maximum absolute atomic E-state index is 13.5. The lowest BCUT2D eigenvalue weighted by Crippen LogP contribution is -2.14. The second-order valence-electron chi connectivity index (χ2n) is 12.9. The van der Waals surface area contributed by atoms with Crippen molar-refractivity contribution in [2.24, 2.45) is 26.8 Å². The summed E-state index contributed by atoms with van der Waals surface area (Å²) >= 11 is 1.56. The molecule has 5 aliphatic heterocycles. The van der Waals surface area contributed by atoms with E-state index in [4.69, 9.17) is 15.0 Å². The number of Topliss-reactive ketones (excluding diaryl/α,β-unsaturated/α-hetero) is 1. The number of aliphatic hydroxyl groups excluding tert-OH is 1. The van der Waals surface area contributed by atoms with E-state index in [2.05, 4.69) is 26.1 Å². The minimum atomic E-state index is -0.856. The van der Waals surface area contributed by atoms with Crippen LogP contribution in [0.25, 0.3) is 0 Å². The molecule has 9 heteroatoms. The third-order valence-corrected chi connectivity index (χ3v) is 11.1. The fraction of sp³-hybridized carbons (Fsp3) is 0.308. The standard InChI is InChI=1S/C39H38N4O4S/c1-6-24-19(2)27-17-32-36(34(45)18-48-23-10-8-7-9-11-23)21(4)29(41-32)15-28-20(3)25(12-13-35(46)47)38(42-28)26-14-33(44)37-22(5)30(43-39(26)37)16-31(24)40-27/h7-11,15-17,20,25,42,45H,6,12-14,18H2,1-5H3,(H,46,47)/b27-17?,28-15?,30-16?,36-34-,38-26?/t20-,25-/m0/s1. The molecule has 1 saturated carbocycles. The normalized spacial score (nSPS) is 24.1. The number of nitrogens with one attached hydrogen (secondary N) is 1. The quantitative estimate of drug-likeness (QED) is 0.202. The van der Waals surface area contributed by atoms with Gasteiger partial charge in [0.25, 0.3) is 0 Å². The number of allylic oxidation sites excluding steroid dienone is 12. The number of carbonyl (C=O) groups is 2. The monoisotopic (exact) mass is 658 g/mol. The van der Waals surface area contributed by atoms with Gasteiger partial charge < -0.3 is 15.5 Å². The number of rotatable bonds is 7. The lowest BCUT2D eigenvalue weighted by Gasteiger charge is -2.16. The largest absolute Gasteiger partial charge is 0.511 e. The van der Waals surface area contributed by atoms with E-state index in [0.717, 1.165) is 73.4 Å². The lowest BCUT2D eigenvalue weighted by atomic mass is 9.86. The highest BCUT2D eigenvalue weighted by molar-refractivity contribution is 7.99. The number of aliphatic carboxylic acids is 1. The number of ketones is 1. The number of carboxylic acid groups (broad SMARTS) is 1. The molecular formula is C39H38N4O4S. The number of carbonyl (C=O) groups excluding carboxylic acids is 1.